The molecule has 1 aromatic rings. The zero-order chi connectivity index (χ0) is 21.6. The van der Waals surface area contributed by atoms with Gasteiger partial charge in [-0.3, -0.25) is 9.59 Å². The fourth-order valence-corrected chi connectivity index (χ4v) is 3.73. The van der Waals surface area contributed by atoms with Gasteiger partial charge < -0.3 is 14.4 Å². The molecule has 0 N–H and O–H groups in total. The molecule has 0 radical (unpaired) electrons. The minimum atomic E-state index is -0.641. The summed E-state index contributed by atoms with van der Waals surface area (Å²) in [6.07, 6.45) is -0.240. The van der Waals surface area contributed by atoms with E-state index in [9.17, 15) is 14.4 Å². The van der Waals surface area contributed by atoms with Crippen LogP contribution in [0.5, 0.6) is 0 Å². The Morgan fingerprint density at radius 1 is 1.14 bits per heavy atom. The third-order valence-electron chi connectivity index (χ3n) is 4.96. The molecule has 0 bridgehead atoms. The Balaban J connectivity index is 3.12. The molecule has 1 aromatic heterocycles. The van der Waals surface area contributed by atoms with Gasteiger partial charge in [0.2, 0.25) is 5.91 Å². The quantitative estimate of drug-likeness (QED) is 0.575. The molecule has 3 atom stereocenters. The fraction of sp³-hybridized carbons (Fsp3) is 0.700. The summed E-state index contributed by atoms with van der Waals surface area (Å²) in [5.41, 5.74) is 0.179. The van der Waals surface area contributed by atoms with E-state index < -0.39 is 18.0 Å². The standard InChI is InChI=1S/C20H32N2O5S/c1-11(2)13(5)19(24)22(7)16(12(3)4)9-17(27-14(6)23)18-21-15(10-28-18)20(25)26-8/h10-13,16-17H,9H2,1-8H3/t13-,16+,17+/m0/s1. The van der Waals surface area contributed by atoms with Gasteiger partial charge in [0.25, 0.3) is 0 Å². The maximum Gasteiger partial charge on any atom is 0.357 e. The maximum absolute atomic E-state index is 12.8. The largest absolute Gasteiger partial charge is 0.464 e. The van der Waals surface area contributed by atoms with Gasteiger partial charge >= 0.3 is 11.9 Å². The van der Waals surface area contributed by atoms with E-state index in [0.717, 1.165) is 0 Å². The summed E-state index contributed by atoms with van der Waals surface area (Å²) in [7, 11) is 3.08. The Bertz CT molecular complexity index is 686. The predicted molar refractivity (Wildman–Crippen MR) is 108 cm³/mol. The van der Waals surface area contributed by atoms with Crippen molar-refractivity contribution in [3.63, 3.8) is 0 Å². The number of carbonyl (C=O) groups excluding carboxylic acids is 3. The van der Waals surface area contributed by atoms with E-state index in [4.69, 9.17) is 9.47 Å². The van der Waals surface area contributed by atoms with Crippen LogP contribution in [0.1, 0.15) is 69.6 Å². The summed E-state index contributed by atoms with van der Waals surface area (Å²) in [5.74, 6) is -0.650. The normalized spacial score (nSPS) is 14.5. The number of aromatic nitrogens is 1. The van der Waals surface area contributed by atoms with E-state index in [1.807, 2.05) is 34.6 Å². The van der Waals surface area contributed by atoms with Crippen LogP contribution < -0.4 is 0 Å². The summed E-state index contributed by atoms with van der Waals surface area (Å²) < 4.78 is 10.2. The van der Waals surface area contributed by atoms with Gasteiger partial charge in [0.05, 0.1) is 7.11 Å². The fourth-order valence-electron chi connectivity index (χ4n) is 2.90. The van der Waals surface area contributed by atoms with Crippen molar-refractivity contribution < 1.29 is 23.9 Å². The van der Waals surface area contributed by atoms with Crippen molar-refractivity contribution in [1.82, 2.24) is 9.88 Å². The van der Waals surface area contributed by atoms with E-state index in [1.54, 1.807) is 17.3 Å². The molecule has 0 fully saturated rings. The lowest BCUT2D eigenvalue weighted by Crippen LogP contribution is -2.44. The Morgan fingerprint density at radius 2 is 1.75 bits per heavy atom. The van der Waals surface area contributed by atoms with Gasteiger partial charge in [0, 0.05) is 37.7 Å². The molecule has 0 saturated carbocycles. The van der Waals surface area contributed by atoms with E-state index in [2.05, 4.69) is 4.98 Å². The van der Waals surface area contributed by atoms with Crippen LogP contribution in [0.3, 0.4) is 0 Å². The van der Waals surface area contributed by atoms with Crippen molar-refractivity contribution in [2.75, 3.05) is 14.2 Å². The third-order valence-corrected chi connectivity index (χ3v) is 5.90. The van der Waals surface area contributed by atoms with Crippen LogP contribution in [0.4, 0.5) is 0 Å². The Morgan fingerprint density at radius 3 is 2.21 bits per heavy atom. The van der Waals surface area contributed by atoms with Crippen molar-refractivity contribution in [2.24, 2.45) is 17.8 Å². The van der Waals surface area contributed by atoms with Crippen LogP contribution in [-0.2, 0) is 19.1 Å². The molecule has 8 heteroatoms. The van der Waals surface area contributed by atoms with E-state index in [0.29, 0.717) is 11.4 Å². The lowest BCUT2D eigenvalue weighted by atomic mass is 9.92. The highest BCUT2D eigenvalue weighted by molar-refractivity contribution is 7.09. The summed E-state index contributed by atoms with van der Waals surface area (Å²) in [6.45, 7) is 11.4. The van der Waals surface area contributed by atoms with Crippen molar-refractivity contribution in [2.45, 2.75) is 60.1 Å². The van der Waals surface area contributed by atoms with E-state index in [1.165, 1.54) is 25.4 Å². The molecule has 0 aliphatic carbocycles. The number of carbonyl (C=O) groups is 3. The molecule has 0 aliphatic rings. The molecule has 1 heterocycles. The van der Waals surface area contributed by atoms with Crippen molar-refractivity contribution in [1.29, 1.82) is 0 Å². The maximum atomic E-state index is 12.8. The summed E-state index contributed by atoms with van der Waals surface area (Å²) >= 11 is 1.24. The van der Waals surface area contributed by atoms with E-state index >= 15 is 0 Å². The molecular formula is C20H32N2O5S. The highest BCUT2D eigenvalue weighted by Crippen LogP contribution is 2.31. The SMILES string of the molecule is COC(=O)c1csc([C@@H](C[C@H](C(C)C)N(C)C(=O)[C@@H](C)C(C)C)OC(C)=O)n1. The van der Waals surface area contributed by atoms with Crippen LogP contribution in [0.15, 0.2) is 5.38 Å². The average molecular weight is 413 g/mol. The molecular weight excluding hydrogens is 380 g/mol. The second-order valence-electron chi connectivity index (χ2n) is 7.69. The van der Waals surface area contributed by atoms with Crippen molar-refractivity contribution in [3.05, 3.63) is 16.1 Å². The topological polar surface area (TPSA) is 85.8 Å². The van der Waals surface area contributed by atoms with Gasteiger partial charge in [0.15, 0.2) is 11.8 Å². The highest BCUT2D eigenvalue weighted by Gasteiger charge is 2.32. The number of amides is 1. The zero-order valence-corrected chi connectivity index (χ0v) is 18.8. The van der Waals surface area contributed by atoms with Crippen LogP contribution in [0.2, 0.25) is 0 Å². The first-order chi connectivity index (χ1) is 13.0. The Kier molecular flexibility index (Phi) is 9.07. The van der Waals surface area contributed by atoms with Crippen LogP contribution in [0.25, 0.3) is 0 Å². The number of hydrogen-bond acceptors (Lipinski definition) is 7. The third kappa shape index (κ3) is 6.29. The smallest absolute Gasteiger partial charge is 0.357 e. The minimum Gasteiger partial charge on any atom is -0.464 e. The molecule has 158 valence electrons. The molecule has 28 heavy (non-hydrogen) atoms. The molecule has 0 saturated heterocycles. The number of nitrogens with zero attached hydrogens (tertiary/aromatic N) is 2. The summed E-state index contributed by atoms with van der Waals surface area (Å²) in [4.78, 5) is 42.2. The number of hydrogen-bond donors (Lipinski definition) is 0. The van der Waals surface area contributed by atoms with Gasteiger partial charge in [-0.15, -0.1) is 11.3 Å². The Labute approximate surface area is 171 Å². The van der Waals surface area contributed by atoms with Crippen LogP contribution >= 0.6 is 11.3 Å². The lowest BCUT2D eigenvalue weighted by molar-refractivity contribution is -0.148. The minimum absolute atomic E-state index is 0.0599. The first-order valence-corrected chi connectivity index (χ1v) is 10.3. The monoisotopic (exact) mass is 412 g/mol. The van der Waals surface area contributed by atoms with Gasteiger partial charge in [-0.25, -0.2) is 9.78 Å². The molecule has 0 aromatic carbocycles. The molecule has 1 rings (SSSR count). The highest BCUT2D eigenvalue weighted by atomic mass is 32.1. The number of thiazole rings is 1. The number of ether oxygens (including phenoxy) is 2. The van der Waals surface area contributed by atoms with Gasteiger partial charge in [-0.2, -0.15) is 0 Å². The van der Waals surface area contributed by atoms with Gasteiger partial charge in [-0.05, 0) is 11.8 Å². The molecule has 0 unspecified atom stereocenters. The van der Waals surface area contributed by atoms with Gasteiger partial charge in [0.1, 0.15) is 5.01 Å². The summed E-state index contributed by atoms with van der Waals surface area (Å²) in [5, 5.41) is 2.09. The molecule has 0 aliphatic heterocycles. The van der Waals surface area contributed by atoms with Crippen molar-refractivity contribution in [3.8, 4) is 0 Å². The Hall–Kier alpha value is -1.96. The molecule has 1 amide bonds. The lowest BCUT2D eigenvalue weighted by Gasteiger charge is -2.35. The average Bonchev–Trinajstić information content (AvgIpc) is 3.11. The molecule has 0 spiro atoms. The van der Waals surface area contributed by atoms with Crippen molar-refractivity contribution >= 4 is 29.2 Å². The second-order valence-corrected chi connectivity index (χ2v) is 8.58. The number of methoxy groups -OCH3 is 1. The van der Waals surface area contributed by atoms with Crippen LogP contribution in [-0.4, -0.2) is 47.9 Å². The predicted octanol–water partition coefficient (Wildman–Crippen LogP) is 3.70. The van der Waals surface area contributed by atoms with Crippen LogP contribution in [0, 0.1) is 17.8 Å². The number of rotatable bonds is 9. The van der Waals surface area contributed by atoms with Gasteiger partial charge in [-0.1, -0.05) is 34.6 Å². The number of esters is 2. The summed E-state index contributed by atoms with van der Waals surface area (Å²) in [6, 6.07) is -0.150. The molecule has 7 nitrogen and oxygen atoms in total. The first-order valence-electron chi connectivity index (χ1n) is 9.47. The van der Waals surface area contributed by atoms with E-state index in [-0.39, 0.29) is 35.4 Å². The second kappa shape index (κ2) is 10.5. The first kappa shape index (κ1) is 24.1. The zero-order valence-electron chi connectivity index (χ0n) is 18.0.